The molecule has 120 valence electrons. The molecule has 0 rings (SSSR count). The fourth-order valence-electron chi connectivity index (χ4n) is 0.624. The number of amides is 2. The van der Waals surface area contributed by atoms with Crippen LogP contribution in [0.2, 0.25) is 0 Å². The Labute approximate surface area is 144 Å². The van der Waals surface area contributed by atoms with Gasteiger partial charge in [-0.3, -0.25) is 0 Å². The Bertz CT molecular complexity index is 281. The van der Waals surface area contributed by atoms with Gasteiger partial charge in [0.15, 0.2) is 0 Å². The average Bonchev–Trinajstić information content (AvgIpc) is 2.26. The molecule has 0 unspecified atom stereocenters. The van der Waals surface area contributed by atoms with Gasteiger partial charge in [-0.05, 0) is 0 Å². The van der Waals surface area contributed by atoms with Crippen molar-refractivity contribution in [3.05, 3.63) is 0 Å². The highest BCUT2D eigenvalue weighted by Gasteiger charge is 2.32. The highest BCUT2D eigenvalue weighted by atomic mass is 35.6. The Balaban J connectivity index is 3.76. The van der Waals surface area contributed by atoms with Crippen LogP contribution in [0.4, 0.5) is 4.79 Å². The molecule has 7 nitrogen and oxygen atoms in total. The summed E-state index contributed by atoms with van der Waals surface area (Å²) in [6.45, 7) is -0.901. The molecular formula is C7H10Cl6N2O5. The molecule has 0 aliphatic heterocycles. The maximum absolute atomic E-state index is 11.2. The number of aliphatic hydroxyl groups is 2. The van der Waals surface area contributed by atoms with Gasteiger partial charge in [0, 0.05) is 0 Å². The molecule has 0 bridgehead atoms. The monoisotopic (exact) mass is 412 g/mol. The zero-order valence-corrected chi connectivity index (χ0v) is 14.0. The van der Waals surface area contributed by atoms with Crippen molar-refractivity contribution in [3.63, 3.8) is 0 Å². The van der Waals surface area contributed by atoms with E-state index in [-0.39, 0.29) is 0 Å². The van der Waals surface area contributed by atoms with Gasteiger partial charge in [-0.25, -0.2) is 4.79 Å². The quantitative estimate of drug-likeness (QED) is 0.391. The molecule has 0 spiro atoms. The number of carbonyl (C=O) groups is 1. The van der Waals surface area contributed by atoms with Crippen LogP contribution in [-0.2, 0) is 9.47 Å². The third-order valence-corrected chi connectivity index (χ3v) is 2.63. The molecule has 4 N–H and O–H groups in total. The van der Waals surface area contributed by atoms with Crippen molar-refractivity contribution in [2.45, 2.75) is 20.2 Å². The molecular weight excluding hydrogens is 405 g/mol. The predicted molar refractivity (Wildman–Crippen MR) is 76.2 cm³/mol. The van der Waals surface area contributed by atoms with Crippen LogP contribution in [0, 0.1) is 0 Å². The van der Waals surface area contributed by atoms with Crippen LogP contribution < -0.4 is 10.6 Å². The summed E-state index contributed by atoms with van der Waals surface area (Å²) in [7, 11) is 0. The van der Waals surface area contributed by atoms with Crippen LogP contribution in [0.3, 0.4) is 0 Å². The summed E-state index contributed by atoms with van der Waals surface area (Å²) in [5, 5.41) is 22.5. The summed E-state index contributed by atoms with van der Waals surface area (Å²) < 4.78 is 5.09. The van der Waals surface area contributed by atoms with Crippen molar-refractivity contribution in [2.24, 2.45) is 0 Å². The van der Waals surface area contributed by atoms with E-state index in [1.54, 1.807) is 0 Å². The second kappa shape index (κ2) is 9.09. The number of hydrogen-bond acceptors (Lipinski definition) is 5. The smallest absolute Gasteiger partial charge is 0.318 e. The summed E-state index contributed by atoms with van der Waals surface area (Å²) in [4.78, 5) is 11.2. The van der Waals surface area contributed by atoms with Gasteiger partial charge in [-0.2, -0.15) is 0 Å². The van der Waals surface area contributed by atoms with E-state index < -0.39 is 39.7 Å². The normalized spacial score (nSPS) is 15.6. The van der Waals surface area contributed by atoms with E-state index in [0.29, 0.717) is 0 Å². The SMILES string of the molecule is O=C(NCO[C@@H](O)C(Cl)(Cl)Cl)NCO[C@H](O)C(Cl)(Cl)Cl. The summed E-state index contributed by atoms with van der Waals surface area (Å²) in [6, 6.07) is -0.766. The van der Waals surface area contributed by atoms with E-state index in [0.717, 1.165) is 0 Å². The second-order valence-corrected chi connectivity index (χ2v) is 7.83. The van der Waals surface area contributed by atoms with E-state index in [1.807, 2.05) is 0 Å². The van der Waals surface area contributed by atoms with Gasteiger partial charge in [0.2, 0.25) is 20.2 Å². The molecule has 0 aromatic heterocycles. The molecule has 20 heavy (non-hydrogen) atoms. The Morgan fingerprint density at radius 3 is 1.45 bits per heavy atom. The maximum Gasteiger partial charge on any atom is 0.318 e. The van der Waals surface area contributed by atoms with Gasteiger partial charge in [0.25, 0.3) is 0 Å². The molecule has 0 radical (unpaired) electrons. The summed E-state index contributed by atoms with van der Waals surface area (Å²) >= 11 is 31.8. The van der Waals surface area contributed by atoms with Crippen LogP contribution in [-0.4, -0.2) is 49.9 Å². The first-order chi connectivity index (χ1) is 8.94. The topological polar surface area (TPSA) is 100 Å². The van der Waals surface area contributed by atoms with Crippen molar-refractivity contribution in [3.8, 4) is 0 Å². The number of nitrogens with one attached hydrogen (secondary N) is 2. The lowest BCUT2D eigenvalue weighted by Crippen LogP contribution is -2.42. The Morgan fingerprint density at radius 1 is 0.900 bits per heavy atom. The zero-order chi connectivity index (χ0) is 16.0. The highest BCUT2D eigenvalue weighted by molar-refractivity contribution is 6.68. The standard InChI is InChI=1S/C7H10Cl6N2O5/c8-6(9,10)3(16)19-1-14-5(18)15-2-20-4(17)7(11,12)13/h3-4,16-17H,1-2H2,(H2,14,15,18)/t3-,4+. The molecule has 0 heterocycles. The summed E-state index contributed by atoms with van der Waals surface area (Å²) in [5.74, 6) is 0. The molecule has 0 aromatic carbocycles. The maximum atomic E-state index is 11.2. The minimum absolute atomic E-state index is 0.450. The average molecular weight is 415 g/mol. The predicted octanol–water partition coefficient (Wildman–Crippen LogP) is 1.61. The molecule has 0 fully saturated rings. The Morgan fingerprint density at radius 2 is 1.20 bits per heavy atom. The van der Waals surface area contributed by atoms with Crippen LogP contribution in [0.15, 0.2) is 0 Å². The third kappa shape index (κ3) is 9.73. The molecule has 13 heteroatoms. The van der Waals surface area contributed by atoms with E-state index in [1.165, 1.54) is 0 Å². The second-order valence-electron chi connectivity index (χ2n) is 3.09. The first-order valence-electron chi connectivity index (χ1n) is 4.69. The van der Waals surface area contributed by atoms with Gasteiger partial charge >= 0.3 is 6.03 Å². The lowest BCUT2D eigenvalue weighted by Gasteiger charge is -2.20. The molecule has 0 saturated heterocycles. The minimum atomic E-state index is -2.05. The molecule has 2 atom stereocenters. The van der Waals surface area contributed by atoms with Crippen LogP contribution >= 0.6 is 69.6 Å². The molecule has 0 aliphatic carbocycles. The number of alkyl halides is 6. The van der Waals surface area contributed by atoms with E-state index in [9.17, 15) is 4.79 Å². The van der Waals surface area contributed by atoms with Crippen LogP contribution in [0.25, 0.3) is 0 Å². The van der Waals surface area contributed by atoms with Crippen molar-refractivity contribution in [1.82, 2.24) is 10.6 Å². The lowest BCUT2D eigenvalue weighted by molar-refractivity contribution is -0.102. The third-order valence-electron chi connectivity index (χ3n) is 1.51. The van der Waals surface area contributed by atoms with Crippen molar-refractivity contribution >= 4 is 75.6 Å². The largest absolute Gasteiger partial charge is 0.364 e. The lowest BCUT2D eigenvalue weighted by atomic mass is 10.7. The molecule has 2 amide bonds. The first kappa shape index (κ1) is 20.9. The minimum Gasteiger partial charge on any atom is -0.364 e. The zero-order valence-electron chi connectivity index (χ0n) is 9.46. The fourth-order valence-corrected chi connectivity index (χ4v) is 1.00. The molecule has 0 saturated carbocycles. The van der Waals surface area contributed by atoms with Gasteiger partial charge in [-0.1, -0.05) is 69.6 Å². The molecule has 0 aliphatic rings. The molecule has 0 aromatic rings. The van der Waals surface area contributed by atoms with Crippen molar-refractivity contribution in [2.75, 3.05) is 13.5 Å². The van der Waals surface area contributed by atoms with E-state index >= 15 is 0 Å². The van der Waals surface area contributed by atoms with Crippen molar-refractivity contribution in [1.29, 1.82) is 0 Å². The number of carbonyl (C=O) groups excluding carboxylic acids is 1. The number of aliphatic hydroxyl groups excluding tert-OH is 2. The van der Waals surface area contributed by atoms with Crippen molar-refractivity contribution < 1.29 is 24.5 Å². The van der Waals surface area contributed by atoms with Gasteiger partial charge in [0.1, 0.15) is 13.5 Å². The first-order valence-corrected chi connectivity index (χ1v) is 6.96. The van der Waals surface area contributed by atoms with Crippen LogP contribution in [0.5, 0.6) is 0 Å². The number of rotatable bonds is 6. The number of urea groups is 1. The summed E-state index contributed by atoms with van der Waals surface area (Å²) in [6.07, 6.45) is -3.45. The Kier molecular flexibility index (Phi) is 9.48. The Hall–Kier alpha value is 0.850. The van der Waals surface area contributed by atoms with Gasteiger partial charge in [0.05, 0.1) is 0 Å². The number of ether oxygens (including phenoxy) is 2. The van der Waals surface area contributed by atoms with Gasteiger partial charge < -0.3 is 30.3 Å². The van der Waals surface area contributed by atoms with E-state index in [2.05, 4.69) is 20.1 Å². The highest BCUT2D eigenvalue weighted by Crippen LogP contribution is 2.31. The van der Waals surface area contributed by atoms with Crippen LogP contribution in [0.1, 0.15) is 0 Å². The fraction of sp³-hybridized carbons (Fsp3) is 0.857. The van der Waals surface area contributed by atoms with Gasteiger partial charge in [-0.15, -0.1) is 0 Å². The number of hydrogen-bond donors (Lipinski definition) is 4. The summed E-state index contributed by atoms with van der Waals surface area (Å²) in [5.41, 5.74) is 0. The van der Waals surface area contributed by atoms with E-state index in [4.69, 9.17) is 79.8 Å². The number of halogens is 6.